The van der Waals surface area contributed by atoms with Gasteiger partial charge in [-0.2, -0.15) is 0 Å². The van der Waals surface area contributed by atoms with Crippen molar-refractivity contribution >= 4 is 21.6 Å². The van der Waals surface area contributed by atoms with Gasteiger partial charge in [-0.3, -0.25) is 9.59 Å². The quantitative estimate of drug-likeness (QED) is 0.786. The van der Waals surface area contributed by atoms with Crippen LogP contribution in [0.1, 0.15) is 33.6 Å². The van der Waals surface area contributed by atoms with E-state index in [-0.39, 0.29) is 24.7 Å². The number of Topliss-reactive ketones (excluding diaryl/α,β-unsaturated/α-hetero) is 2. The van der Waals surface area contributed by atoms with Gasteiger partial charge in [0.25, 0.3) is 0 Å². The number of benzene rings is 1. The van der Waals surface area contributed by atoms with E-state index in [0.29, 0.717) is 35.1 Å². The summed E-state index contributed by atoms with van der Waals surface area (Å²) in [6.45, 7) is 0.498. The zero-order valence-corrected chi connectivity index (χ0v) is 12.4. The first kappa shape index (κ1) is 14.2. The third kappa shape index (κ3) is 2.34. The Morgan fingerprint density at radius 3 is 1.71 bits per heavy atom. The summed E-state index contributed by atoms with van der Waals surface area (Å²) in [5.41, 5.74) is 1.80. The summed E-state index contributed by atoms with van der Waals surface area (Å²) in [6, 6.07) is 6.77. The molecule has 0 spiro atoms. The Kier molecular flexibility index (Phi) is 3.30. The fraction of sp³-hybridized carbons (Fsp3) is 0.333. The van der Waals surface area contributed by atoms with Gasteiger partial charge in [-0.25, -0.2) is 12.7 Å². The summed E-state index contributed by atoms with van der Waals surface area (Å²) in [5, 5.41) is 0. The Morgan fingerprint density at radius 2 is 1.33 bits per heavy atom. The van der Waals surface area contributed by atoms with Crippen LogP contribution in [0.4, 0.5) is 0 Å². The zero-order chi connectivity index (χ0) is 15.2. The molecule has 0 bridgehead atoms. The third-order valence-corrected chi connectivity index (χ3v) is 5.32. The lowest BCUT2D eigenvalue weighted by molar-refractivity contribution is 0.0970. The van der Waals surface area contributed by atoms with E-state index in [2.05, 4.69) is 0 Å². The molecule has 1 aliphatic carbocycles. The highest BCUT2D eigenvalue weighted by Crippen LogP contribution is 2.32. The number of carbonyl (C=O) groups is 2. The Bertz CT molecular complexity index is 728. The first-order valence-corrected chi connectivity index (χ1v) is 8.60. The van der Waals surface area contributed by atoms with E-state index in [4.69, 9.17) is 0 Å². The SMILES string of the molecule is CS(=O)(=O)N1CCC2=C(CC1)C(=O)c1ccccc1C2=O. The second-order valence-corrected chi connectivity index (χ2v) is 7.31. The average Bonchev–Trinajstić information content (AvgIpc) is 2.67. The molecule has 6 heteroatoms. The summed E-state index contributed by atoms with van der Waals surface area (Å²) < 4.78 is 24.7. The molecule has 0 N–H and O–H groups in total. The molecule has 110 valence electrons. The molecule has 0 amide bonds. The number of rotatable bonds is 1. The van der Waals surface area contributed by atoms with Gasteiger partial charge in [-0.05, 0) is 12.8 Å². The second-order valence-electron chi connectivity index (χ2n) is 5.32. The highest BCUT2D eigenvalue weighted by atomic mass is 32.2. The molecule has 0 saturated carbocycles. The summed E-state index contributed by atoms with van der Waals surface area (Å²) >= 11 is 0. The molecule has 1 heterocycles. The number of ketones is 2. The van der Waals surface area contributed by atoms with Gasteiger partial charge >= 0.3 is 0 Å². The van der Waals surface area contributed by atoms with E-state index < -0.39 is 10.0 Å². The van der Waals surface area contributed by atoms with Crippen LogP contribution >= 0.6 is 0 Å². The van der Waals surface area contributed by atoms with Gasteiger partial charge in [0, 0.05) is 35.4 Å². The summed E-state index contributed by atoms with van der Waals surface area (Å²) in [4.78, 5) is 25.1. The van der Waals surface area contributed by atoms with Crippen molar-refractivity contribution in [1.29, 1.82) is 0 Å². The first-order valence-electron chi connectivity index (χ1n) is 6.75. The van der Waals surface area contributed by atoms with Crippen LogP contribution in [0.25, 0.3) is 0 Å². The van der Waals surface area contributed by atoms with Crippen molar-refractivity contribution in [2.45, 2.75) is 12.8 Å². The maximum absolute atomic E-state index is 12.5. The van der Waals surface area contributed by atoms with Crippen LogP contribution in [0, 0.1) is 0 Å². The van der Waals surface area contributed by atoms with Gasteiger partial charge in [-0.15, -0.1) is 0 Å². The average molecular weight is 305 g/mol. The minimum atomic E-state index is -3.31. The van der Waals surface area contributed by atoms with Gasteiger partial charge in [0.2, 0.25) is 10.0 Å². The second kappa shape index (κ2) is 4.89. The fourth-order valence-electron chi connectivity index (χ4n) is 2.92. The molecule has 0 aromatic heterocycles. The van der Waals surface area contributed by atoms with Gasteiger partial charge in [-0.1, -0.05) is 24.3 Å². The number of fused-ring (bicyclic) bond motifs is 1. The predicted octanol–water partition coefficient (Wildman–Crippen LogP) is 1.42. The lowest BCUT2D eigenvalue weighted by atomic mass is 9.82. The van der Waals surface area contributed by atoms with Gasteiger partial charge in [0.15, 0.2) is 11.6 Å². The Balaban J connectivity index is 2.02. The van der Waals surface area contributed by atoms with E-state index >= 15 is 0 Å². The number of hydrogen-bond acceptors (Lipinski definition) is 4. The van der Waals surface area contributed by atoms with Crippen LogP contribution in [0.3, 0.4) is 0 Å². The maximum atomic E-state index is 12.5. The Hall–Kier alpha value is -1.79. The van der Waals surface area contributed by atoms with E-state index in [1.54, 1.807) is 24.3 Å². The number of nitrogens with zero attached hydrogens (tertiary/aromatic N) is 1. The molecule has 0 radical (unpaired) electrons. The maximum Gasteiger partial charge on any atom is 0.211 e. The van der Waals surface area contributed by atoms with Crippen molar-refractivity contribution in [3.8, 4) is 0 Å². The molecule has 0 atom stereocenters. The number of sulfonamides is 1. The molecule has 0 fully saturated rings. The highest BCUT2D eigenvalue weighted by Gasteiger charge is 2.34. The van der Waals surface area contributed by atoms with E-state index in [1.165, 1.54) is 4.31 Å². The highest BCUT2D eigenvalue weighted by molar-refractivity contribution is 7.88. The largest absolute Gasteiger partial charge is 0.289 e. The van der Waals surface area contributed by atoms with Crippen LogP contribution < -0.4 is 0 Å². The molecule has 1 aromatic rings. The minimum Gasteiger partial charge on any atom is -0.289 e. The molecule has 21 heavy (non-hydrogen) atoms. The molecule has 2 aliphatic rings. The predicted molar refractivity (Wildman–Crippen MR) is 77.8 cm³/mol. The van der Waals surface area contributed by atoms with Crippen molar-refractivity contribution in [1.82, 2.24) is 4.31 Å². The van der Waals surface area contributed by atoms with Crippen LogP contribution in [-0.2, 0) is 10.0 Å². The standard InChI is InChI=1S/C15H15NO4S/c1-21(19,20)16-8-6-12-13(7-9-16)15(18)11-5-3-2-4-10(11)14(12)17/h2-5H,6-9H2,1H3. The van der Waals surface area contributed by atoms with Crippen molar-refractivity contribution in [2.75, 3.05) is 19.3 Å². The monoisotopic (exact) mass is 305 g/mol. The lowest BCUT2D eigenvalue weighted by Crippen LogP contribution is -2.31. The molecular weight excluding hydrogens is 290 g/mol. The normalized spacial score (nSPS) is 20.0. The van der Waals surface area contributed by atoms with Crippen LogP contribution in [-0.4, -0.2) is 43.6 Å². The smallest absolute Gasteiger partial charge is 0.211 e. The summed E-state index contributed by atoms with van der Waals surface area (Å²) in [5.74, 6) is -0.286. The van der Waals surface area contributed by atoms with Gasteiger partial charge in [0.1, 0.15) is 0 Å². The first-order chi connectivity index (χ1) is 9.89. The molecule has 1 aromatic carbocycles. The van der Waals surface area contributed by atoms with Gasteiger partial charge < -0.3 is 0 Å². The van der Waals surface area contributed by atoms with E-state index in [1.807, 2.05) is 0 Å². The topological polar surface area (TPSA) is 71.5 Å². The molecule has 0 unspecified atom stereocenters. The fourth-order valence-corrected chi connectivity index (χ4v) is 3.77. The van der Waals surface area contributed by atoms with E-state index in [0.717, 1.165) is 6.26 Å². The van der Waals surface area contributed by atoms with Crippen LogP contribution in [0.2, 0.25) is 0 Å². The minimum absolute atomic E-state index is 0.143. The zero-order valence-electron chi connectivity index (χ0n) is 11.6. The lowest BCUT2D eigenvalue weighted by Gasteiger charge is -2.18. The van der Waals surface area contributed by atoms with Crippen molar-refractivity contribution in [2.24, 2.45) is 0 Å². The molecule has 3 rings (SSSR count). The van der Waals surface area contributed by atoms with Crippen LogP contribution in [0.15, 0.2) is 35.4 Å². The summed E-state index contributed by atoms with van der Waals surface area (Å²) in [7, 11) is -3.31. The molecular formula is C15H15NO4S. The van der Waals surface area contributed by atoms with Crippen molar-refractivity contribution in [3.63, 3.8) is 0 Å². The van der Waals surface area contributed by atoms with Gasteiger partial charge in [0.05, 0.1) is 6.26 Å². The number of hydrogen-bond donors (Lipinski definition) is 0. The number of carbonyl (C=O) groups excluding carboxylic acids is 2. The summed E-state index contributed by atoms with van der Waals surface area (Å²) in [6.07, 6.45) is 1.73. The Labute approximate surface area is 123 Å². The molecule has 0 saturated heterocycles. The molecule has 5 nitrogen and oxygen atoms in total. The van der Waals surface area contributed by atoms with Crippen LogP contribution in [0.5, 0.6) is 0 Å². The molecule has 1 aliphatic heterocycles. The Morgan fingerprint density at radius 1 is 0.905 bits per heavy atom. The van der Waals surface area contributed by atoms with Crippen molar-refractivity contribution in [3.05, 3.63) is 46.5 Å². The van der Waals surface area contributed by atoms with Crippen molar-refractivity contribution < 1.29 is 18.0 Å². The van der Waals surface area contributed by atoms with E-state index in [9.17, 15) is 18.0 Å². The third-order valence-electron chi connectivity index (χ3n) is 4.02.